The van der Waals surface area contributed by atoms with Gasteiger partial charge in [0.25, 0.3) is 5.91 Å². The molecule has 41 heavy (non-hydrogen) atoms. The predicted molar refractivity (Wildman–Crippen MR) is 155 cm³/mol. The number of nitrogens with zero attached hydrogens (tertiary/aromatic N) is 2. The van der Waals surface area contributed by atoms with Crippen LogP contribution in [0.25, 0.3) is 17.3 Å². The molecule has 1 atom stereocenters. The first kappa shape index (κ1) is 29.8. The van der Waals surface area contributed by atoms with Gasteiger partial charge in [-0.2, -0.15) is 5.10 Å². The summed E-state index contributed by atoms with van der Waals surface area (Å²) in [5, 5.41) is 7.68. The van der Waals surface area contributed by atoms with Crippen molar-refractivity contribution in [3.63, 3.8) is 0 Å². The van der Waals surface area contributed by atoms with Crippen LogP contribution < -0.4 is 14.8 Å². The number of carbonyl (C=O) groups excluding carboxylic acids is 2. The monoisotopic (exact) mass is 563 g/mol. The van der Waals surface area contributed by atoms with Gasteiger partial charge in [0.1, 0.15) is 22.9 Å². The average Bonchev–Trinajstić information content (AvgIpc) is 3.61. The number of aromatic nitrogens is 2. The minimum Gasteiger partial charge on any atom is -0.496 e. The van der Waals surface area contributed by atoms with E-state index in [1.165, 1.54) is 12.1 Å². The number of esters is 1. The maximum absolute atomic E-state index is 13.6. The van der Waals surface area contributed by atoms with Gasteiger partial charge in [0.2, 0.25) is 0 Å². The van der Waals surface area contributed by atoms with Crippen molar-refractivity contribution in [1.82, 2.24) is 15.1 Å². The van der Waals surface area contributed by atoms with Gasteiger partial charge in [-0.1, -0.05) is 43.2 Å². The van der Waals surface area contributed by atoms with Crippen LogP contribution in [0.3, 0.4) is 0 Å². The topological polar surface area (TPSA) is 91.7 Å². The molecule has 0 radical (unpaired) electrons. The van der Waals surface area contributed by atoms with E-state index in [1.807, 2.05) is 22.9 Å². The van der Waals surface area contributed by atoms with E-state index < -0.39 is 23.5 Å². The Hall–Kier alpha value is -4.14. The van der Waals surface area contributed by atoms with Crippen molar-refractivity contribution in [2.75, 3.05) is 14.2 Å². The summed E-state index contributed by atoms with van der Waals surface area (Å²) in [6.07, 6.45) is 7.42. The molecule has 9 heteroatoms. The zero-order chi connectivity index (χ0) is 29.6. The Labute approximate surface area is 240 Å². The van der Waals surface area contributed by atoms with Gasteiger partial charge in [0.05, 0.1) is 44.0 Å². The second kappa shape index (κ2) is 13.0. The van der Waals surface area contributed by atoms with Crippen LogP contribution in [0.15, 0.2) is 54.6 Å². The number of halogens is 1. The molecule has 3 aromatic rings. The number of carbonyl (C=O) groups is 2. The molecule has 0 unspecified atom stereocenters. The molecule has 0 aliphatic heterocycles. The number of methoxy groups -OCH3 is 2. The van der Waals surface area contributed by atoms with E-state index in [-0.39, 0.29) is 24.0 Å². The van der Waals surface area contributed by atoms with Crippen LogP contribution in [0.4, 0.5) is 4.39 Å². The largest absolute Gasteiger partial charge is 0.496 e. The summed E-state index contributed by atoms with van der Waals surface area (Å²) < 4.78 is 32.1. The molecule has 218 valence electrons. The lowest BCUT2D eigenvalue weighted by Crippen LogP contribution is -2.37. The minimum atomic E-state index is -0.691. The Morgan fingerprint density at radius 1 is 1.07 bits per heavy atom. The quantitative estimate of drug-likeness (QED) is 0.289. The minimum absolute atomic E-state index is 0.0861. The normalized spacial score (nSPS) is 14.7. The van der Waals surface area contributed by atoms with E-state index in [0.29, 0.717) is 11.5 Å². The molecule has 1 aliphatic rings. The van der Waals surface area contributed by atoms with E-state index in [1.54, 1.807) is 65.3 Å². The highest BCUT2D eigenvalue weighted by atomic mass is 19.1. The predicted octanol–water partition coefficient (Wildman–Crippen LogP) is 6.37. The number of nitrogens with one attached hydrogen (secondary N) is 1. The Morgan fingerprint density at radius 2 is 1.71 bits per heavy atom. The standard InChI is InChI=1S/C32H38FN3O5/c1-32(2,3)41-29(37)19-23(18-15-21-13-16-22(33)17-14-21)34-31(38)25-20-26(36(35-25)24-9-6-7-10-24)30-27(39-4)11-8-12-28(30)40-5/h8,11-18,20,23-24H,6-7,9-10,19H2,1-5H3,(H,34,38)/b18-15+/t23-/m0/s1. The van der Waals surface area contributed by atoms with E-state index in [2.05, 4.69) is 5.32 Å². The van der Waals surface area contributed by atoms with Gasteiger partial charge in [-0.25, -0.2) is 4.39 Å². The first-order valence-electron chi connectivity index (χ1n) is 13.9. The number of ether oxygens (including phenoxy) is 3. The fourth-order valence-corrected chi connectivity index (χ4v) is 5.00. The highest BCUT2D eigenvalue weighted by Gasteiger charge is 2.28. The molecular formula is C32H38FN3O5. The summed E-state index contributed by atoms with van der Waals surface area (Å²) in [7, 11) is 3.19. The Balaban J connectivity index is 1.67. The van der Waals surface area contributed by atoms with Gasteiger partial charge >= 0.3 is 5.97 Å². The highest BCUT2D eigenvalue weighted by Crippen LogP contribution is 2.41. The molecule has 1 heterocycles. The first-order valence-corrected chi connectivity index (χ1v) is 13.9. The highest BCUT2D eigenvalue weighted by molar-refractivity contribution is 5.94. The van der Waals surface area contributed by atoms with Crippen LogP contribution in [0.5, 0.6) is 11.5 Å². The second-order valence-electron chi connectivity index (χ2n) is 11.1. The third-order valence-corrected chi connectivity index (χ3v) is 6.84. The lowest BCUT2D eigenvalue weighted by molar-refractivity contribution is -0.155. The fourth-order valence-electron chi connectivity index (χ4n) is 5.00. The van der Waals surface area contributed by atoms with Crippen LogP contribution in [-0.4, -0.2) is 47.5 Å². The van der Waals surface area contributed by atoms with Gasteiger partial charge < -0.3 is 19.5 Å². The SMILES string of the molecule is COc1cccc(OC)c1-c1cc(C(=O)N[C@@H](/C=C/c2ccc(F)cc2)CC(=O)OC(C)(C)C)nn1C1CCCC1. The third kappa shape index (κ3) is 7.74. The number of rotatable bonds is 10. The summed E-state index contributed by atoms with van der Waals surface area (Å²) >= 11 is 0. The van der Waals surface area contributed by atoms with E-state index >= 15 is 0 Å². The molecule has 1 amide bonds. The third-order valence-electron chi connectivity index (χ3n) is 6.84. The Morgan fingerprint density at radius 3 is 2.29 bits per heavy atom. The van der Waals surface area contributed by atoms with E-state index in [9.17, 15) is 14.0 Å². The molecule has 0 bridgehead atoms. The first-order chi connectivity index (χ1) is 19.6. The van der Waals surface area contributed by atoms with Gasteiger partial charge in [-0.15, -0.1) is 0 Å². The van der Waals surface area contributed by atoms with Crippen molar-refractivity contribution < 1.29 is 28.2 Å². The molecule has 8 nitrogen and oxygen atoms in total. The lowest BCUT2D eigenvalue weighted by Gasteiger charge is -2.21. The van der Waals surface area contributed by atoms with Crippen molar-refractivity contribution in [2.24, 2.45) is 0 Å². The van der Waals surface area contributed by atoms with Crippen LogP contribution in [0, 0.1) is 5.82 Å². The molecule has 1 saturated carbocycles. The number of hydrogen-bond donors (Lipinski definition) is 1. The molecule has 1 aromatic heterocycles. The lowest BCUT2D eigenvalue weighted by atomic mass is 10.1. The van der Waals surface area contributed by atoms with Crippen LogP contribution in [-0.2, 0) is 9.53 Å². The van der Waals surface area contributed by atoms with Crippen molar-refractivity contribution >= 4 is 18.0 Å². The van der Waals surface area contributed by atoms with Gasteiger partial charge in [-0.05, 0) is 69.5 Å². The molecule has 0 spiro atoms. The smallest absolute Gasteiger partial charge is 0.308 e. The molecule has 4 rings (SSSR count). The summed E-state index contributed by atoms with van der Waals surface area (Å²) in [6, 6.07) is 12.7. The molecule has 1 fully saturated rings. The van der Waals surface area contributed by atoms with E-state index in [4.69, 9.17) is 19.3 Å². The van der Waals surface area contributed by atoms with Gasteiger partial charge in [-0.3, -0.25) is 14.3 Å². The molecule has 2 aromatic carbocycles. The fraction of sp³-hybridized carbons (Fsp3) is 0.406. The van der Waals surface area contributed by atoms with Crippen molar-refractivity contribution in [3.05, 3.63) is 71.7 Å². The van der Waals surface area contributed by atoms with Crippen LogP contribution in [0.2, 0.25) is 0 Å². The maximum Gasteiger partial charge on any atom is 0.308 e. The van der Waals surface area contributed by atoms with Crippen LogP contribution >= 0.6 is 0 Å². The zero-order valence-corrected chi connectivity index (χ0v) is 24.3. The molecule has 0 saturated heterocycles. The number of benzene rings is 2. The summed E-state index contributed by atoms with van der Waals surface area (Å²) in [5.74, 6) is -0.0151. The summed E-state index contributed by atoms with van der Waals surface area (Å²) in [6.45, 7) is 5.36. The van der Waals surface area contributed by atoms with Crippen molar-refractivity contribution in [1.29, 1.82) is 0 Å². The molecule has 1 N–H and O–H groups in total. The number of hydrogen-bond acceptors (Lipinski definition) is 6. The Kier molecular flexibility index (Phi) is 9.47. The van der Waals surface area contributed by atoms with Crippen LogP contribution in [0.1, 0.15) is 75.0 Å². The van der Waals surface area contributed by atoms with Gasteiger partial charge in [0.15, 0.2) is 5.69 Å². The number of amides is 1. The van der Waals surface area contributed by atoms with Gasteiger partial charge in [0, 0.05) is 0 Å². The van der Waals surface area contributed by atoms with E-state index in [0.717, 1.165) is 42.5 Å². The molecule has 1 aliphatic carbocycles. The zero-order valence-electron chi connectivity index (χ0n) is 24.3. The summed E-state index contributed by atoms with van der Waals surface area (Å²) in [4.78, 5) is 26.3. The second-order valence-corrected chi connectivity index (χ2v) is 11.1. The van der Waals surface area contributed by atoms with Crippen molar-refractivity contribution in [2.45, 2.75) is 70.6 Å². The van der Waals surface area contributed by atoms with Crippen molar-refractivity contribution in [3.8, 4) is 22.8 Å². The average molecular weight is 564 g/mol. The maximum atomic E-state index is 13.6. The molecular weight excluding hydrogens is 525 g/mol. The Bertz CT molecular complexity index is 1360. The summed E-state index contributed by atoms with van der Waals surface area (Å²) in [5.41, 5.74) is 1.71.